The molecule has 2 aromatic rings. The second-order valence-electron chi connectivity index (χ2n) is 4.11. The van der Waals surface area contributed by atoms with Crippen molar-refractivity contribution in [3.63, 3.8) is 0 Å². The molecule has 0 unspecified atom stereocenters. The molecule has 2 rings (SSSR count). The average molecular weight is 276 g/mol. The molecule has 0 aromatic carbocycles. The number of pyridine rings is 1. The van der Waals surface area contributed by atoms with Crippen LogP contribution in [0.2, 0.25) is 0 Å². The van der Waals surface area contributed by atoms with E-state index in [0.717, 1.165) is 23.5 Å². The van der Waals surface area contributed by atoms with Gasteiger partial charge < -0.3 is 10.6 Å². The van der Waals surface area contributed by atoms with E-state index in [1.807, 2.05) is 18.4 Å². The number of rotatable bonds is 5. The van der Waals surface area contributed by atoms with Gasteiger partial charge in [0.2, 0.25) is 0 Å². The van der Waals surface area contributed by atoms with E-state index in [1.54, 1.807) is 30.1 Å². The monoisotopic (exact) mass is 276 g/mol. The molecule has 2 aromatic heterocycles. The van der Waals surface area contributed by atoms with E-state index >= 15 is 0 Å². The summed E-state index contributed by atoms with van der Waals surface area (Å²) in [5.74, 6) is -0.118. The molecular formula is C13H16N4OS. The van der Waals surface area contributed by atoms with Crippen LogP contribution < -0.4 is 10.6 Å². The Hall–Kier alpha value is -1.95. The summed E-state index contributed by atoms with van der Waals surface area (Å²) in [6.45, 7) is 2.46. The van der Waals surface area contributed by atoms with E-state index in [1.165, 1.54) is 0 Å². The summed E-state index contributed by atoms with van der Waals surface area (Å²) in [5.41, 5.74) is 5.02. The van der Waals surface area contributed by atoms with E-state index in [4.69, 9.17) is 0 Å². The minimum Gasteiger partial charge on any atom is -0.387 e. The minimum atomic E-state index is -0.118. The van der Waals surface area contributed by atoms with Crippen LogP contribution in [-0.4, -0.2) is 29.5 Å². The van der Waals surface area contributed by atoms with Crippen molar-refractivity contribution >= 4 is 22.9 Å². The highest BCUT2D eigenvalue weighted by molar-refractivity contribution is 7.07. The third kappa shape index (κ3) is 3.51. The molecule has 0 saturated heterocycles. The molecular weight excluding hydrogens is 260 g/mol. The molecule has 0 radical (unpaired) electrons. The Bertz CT molecular complexity index is 554. The predicted molar refractivity (Wildman–Crippen MR) is 76.7 cm³/mol. The van der Waals surface area contributed by atoms with Gasteiger partial charge in [0, 0.05) is 37.3 Å². The number of anilines is 1. The van der Waals surface area contributed by atoms with Gasteiger partial charge in [0.15, 0.2) is 0 Å². The standard InChI is InChI=1S/C13H16N4OS/c1-9-5-12(14-2)11(6-16-9)13(18)15-4-3-10-7-19-8-17-10/h5-8H,3-4H2,1-2H3,(H,14,16)(H,15,18). The number of aryl methyl sites for hydroxylation is 1. The second-order valence-corrected chi connectivity index (χ2v) is 4.83. The maximum absolute atomic E-state index is 12.1. The molecule has 2 N–H and O–H groups in total. The summed E-state index contributed by atoms with van der Waals surface area (Å²) in [4.78, 5) is 20.4. The van der Waals surface area contributed by atoms with Crippen molar-refractivity contribution in [3.05, 3.63) is 40.1 Å². The Labute approximate surface area is 116 Å². The Morgan fingerprint density at radius 2 is 2.26 bits per heavy atom. The highest BCUT2D eigenvalue weighted by atomic mass is 32.1. The highest BCUT2D eigenvalue weighted by Gasteiger charge is 2.11. The number of aromatic nitrogens is 2. The molecule has 19 heavy (non-hydrogen) atoms. The van der Waals surface area contributed by atoms with Gasteiger partial charge in [-0.3, -0.25) is 9.78 Å². The summed E-state index contributed by atoms with van der Waals surface area (Å²) in [6, 6.07) is 1.86. The van der Waals surface area contributed by atoms with Crippen molar-refractivity contribution < 1.29 is 4.79 Å². The number of amides is 1. The van der Waals surface area contributed by atoms with Crippen LogP contribution in [0.25, 0.3) is 0 Å². The van der Waals surface area contributed by atoms with E-state index < -0.39 is 0 Å². The van der Waals surface area contributed by atoms with Gasteiger partial charge in [-0.2, -0.15) is 0 Å². The van der Waals surface area contributed by atoms with E-state index in [-0.39, 0.29) is 5.91 Å². The molecule has 0 aliphatic carbocycles. The SMILES string of the molecule is CNc1cc(C)ncc1C(=O)NCCc1cscn1. The molecule has 0 saturated carbocycles. The normalized spacial score (nSPS) is 10.2. The number of hydrogen-bond acceptors (Lipinski definition) is 5. The van der Waals surface area contributed by atoms with Gasteiger partial charge in [-0.15, -0.1) is 11.3 Å². The van der Waals surface area contributed by atoms with Crippen LogP contribution in [-0.2, 0) is 6.42 Å². The zero-order valence-corrected chi connectivity index (χ0v) is 11.8. The molecule has 0 aliphatic rings. The summed E-state index contributed by atoms with van der Waals surface area (Å²) < 4.78 is 0. The van der Waals surface area contributed by atoms with Crippen LogP contribution in [0.3, 0.4) is 0 Å². The molecule has 0 aliphatic heterocycles. The van der Waals surface area contributed by atoms with Crippen LogP contribution in [0.15, 0.2) is 23.2 Å². The van der Waals surface area contributed by atoms with E-state index in [9.17, 15) is 4.79 Å². The first-order valence-corrected chi connectivity index (χ1v) is 6.94. The van der Waals surface area contributed by atoms with Gasteiger partial charge in [-0.1, -0.05) is 0 Å². The van der Waals surface area contributed by atoms with Gasteiger partial charge in [0.25, 0.3) is 5.91 Å². The Morgan fingerprint density at radius 1 is 1.42 bits per heavy atom. The first kappa shape index (κ1) is 13.5. The van der Waals surface area contributed by atoms with Gasteiger partial charge in [-0.25, -0.2) is 4.98 Å². The lowest BCUT2D eigenvalue weighted by Gasteiger charge is -2.09. The maximum Gasteiger partial charge on any atom is 0.254 e. The Kier molecular flexibility index (Phi) is 4.46. The first-order valence-electron chi connectivity index (χ1n) is 6.00. The minimum absolute atomic E-state index is 0.118. The van der Waals surface area contributed by atoms with Crippen molar-refractivity contribution in [2.45, 2.75) is 13.3 Å². The Balaban J connectivity index is 1.96. The lowest BCUT2D eigenvalue weighted by Crippen LogP contribution is -2.26. The summed E-state index contributed by atoms with van der Waals surface area (Å²) in [6.07, 6.45) is 2.34. The number of carbonyl (C=O) groups excluding carboxylic acids is 1. The number of nitrogens with one attached hydrogen (secondary N) is 2. The molecule has 5 nitrogen and oxygen atoms in total. The van der Waals surface area contributed by atoms with Crippen molar-refractivity contribution in [1.82, 2.24) is 15.3 Å². The number of hydrogen-bond donors (Lipinski definition) is 2. The molecule has 2 heterocycles. The van der Waals surface area contributed by atoms with Crippen molar-refractivity contribution in [1.29, 1.82) is 0 Å². The van der Waals surface area contributed by atoms with Crippen molar-refractivity contribution in [2.24, 2.45) is 0 Å². The van der Waals surface area contributed by atoms with Crippen LogP contribution in [0.1, 0.15) is 21.7 Å². The summed E-state index contributed by atoms with van der Waals surface area (Å²) in [7, 11) is 1.79. The third-order valence-corrected chi connectivity index (χ3v) is 3.34. The quantitative estimate of drug-likeness (QED) is 0.874. The van der Waals surface area contributed by atoms with Crippen molar-refractivity contribution in [2.75, 3.05) is 18.9 Å². The van der Waals surface area contributed by atoms with Crippen molar-refractivity contribution in [3.8, 4) is 0 Å². The number of carbonyl (C=O) groups is 1. The third-order valence-electron chi connectivity index (χ3n) is 2.70. The molecule has 6 heteroatoms. The Morgan fingerprint density at radius 3 is 2.95 bits per heavy atom. The zero-order valence-electron chi connectivity index (χ0n) is 10.9. The lowest BCUT2D eigenvalue weighted by atomic mass is 10.2. The fourth-order valence-corrected chi connectivity index (χ4v) is 2.30. The van der Waals surface area contributed by atoms with E-state index in [0.29, 0.717) is 12.1 Å². The fourth-order valence-electron chi connectivity index (χ4n) is 1.71. The van der Waals surface area contributed by atoms with E-state index in [2.05, 4.69) is 20.6 Å². The molecule has 100 valence electrons. The fraction of sp³-hybridized carbons (Fsp3) is 0.308. The molecule has 0 fully saturated rings. The number of thiazole rings is 1. The smallest absolute Gasteiger partial charge is 0.254 e. The van der Waals surface area contributed by atoms with Gasteiger partial charge >= 0.3 is 0 Å². The van der Waals surface area contributed by atoms with Gasteiger partial charge in [0.05, 0.1) is 22.5 Å². The van der Waals surface area contributed by atoms with Gasteiger partial charge in [-0.05, 0) is 13.0 Å². The lowest BCUT2D eigenvalue weighted by molar-refractivity contribution is 0.0954. The van der Waals surface area contributed by atoms with Gasteiger partial charge in [0.1, 0.15) is 0 Å². The molecule has 0 spiro atoms. The molecule has 0 bridgehead atoms. The van der Waals surface area contributed by atoms with Crippen LogP contribution in [0, 0.1) is 6.92 Å². The second kappa shape index (κ2) is 6.29. The topological polar surface area (TPSA) is 66.9 Å². The largest absolute Gasteiger partial charge is 0.387 e. The number of nitrogens with zero attached hydrogens (tertiary/aromatic N) is 2. The summed E-state index contributed by atoms with van der Waals surface area (Å²) in [5, 5.41) is 7.87. The highest BCUT2D eigenvalue weighted by Crippen LogP contribution is 2.14. The first-order chi connectivity index (χ1) is 9.20. The van der Waals surface area contributed by atoms with Crippen LogP contribution >= 0.6 is 11.3 Å². The predicted octanol–water partition coefficient (Wildman–Crippen LogP) is 1.86. The van der Waals surface area contributed by atoms with Crippen LogP contribution in [0.5, 0.6) is 0 Å². The average Bonchev–Trinajstić information content (AvgIpc) is 2.91. The molecule has 1 amide bonds. The summed E-state index contributed by atoms with van der Waals surface area (Å²) >= 11 is 1.56. The zero-order chi connectivity index (χ0) is 13.7. The molecule has 0 atom stereocenters. The van der Waals surface area contributed by atoms with Crippen LogP contribution in [0.4, 0.5) is 5.69 Å². The maximum atomic E-state index is 12.1.